The SMILES string of the molecule is CCOC(=O)c1[nH]c2c(-c3c(C(CCC4CCOCC4)N(C)C(=O)OC(C)(C)C)nn(C)c3CC)c(Cl)ccc2c1CCCOc1cccc2cc(F)ccc12. The van der Waals surface area contributed by atoms with Crippen molar-refractivity contribution in [2.45, 2.75) is 91.2 Å². The minimum absolute atomic E-state index is 0.213. The van der Waals surface area contributed by atoms with Gasteiger partial charge in [-0.3, -0.25) is 4.68 Å². The smallest absolute Gasteiger partial charge is 0.410 e. The monoisotopic (exact) mass is 788 g/mol. The van der Waals surface area contributed by atoms with Crippen molar-refractivity contribution in [1.82, 2.24) is 19.7 Å². The van der Waals surface area contributed by atoms with Crippen molar-refractivity contribution in [3.63, 3.8) is 0 Å². The predicted octanol–water partition coefficient (Wildman–Crippen LogP) is 10.4. The number of H-pyrrole nitrogens is 1. The van der Waals surface area contributed by atoms with Gasteiger partial charge in [-0.1, -0.05) is 36.7 Å². The van der Waals surface area contributed by atoms with Crippen LogP contribution in [0.15, 0.2) is 48.5 Å². The van der Waals surface area contributed by atoms with Crippen LogP contribution >= 0.6 is 11.6 Å². The third kappa shape index (κ3) is 8.99. The second kappa shape index (κ2) is 17.7. The lowest BCUT2D eigenvalue weighted by Crippen LogP contribution is -2.37. The number of carbonyl (C=O) groups is 2. The van der Waals surface area contributed by atoms with Gasteiger partial charge in [0.1, 0.15) is 22.9 Å². The Morgan fingerprint density at radius 1 is 1.09 bits per heavy atom. The molecule has 5 aromatic rings. The molecule has 0 saturated carbocycles. The predicted molar refractivity (Wildman–Crippen MR) is 218 cm³/mol. The molecule has 56 heavy (non-hydrogen) atoms. The van der Waals surface area contributed by atoms with E-state index in [0.29, 0.717) is 65.8 Å². The number of nitrogens with zero attached hydrogens (tertiary/aromatic N) is 3. The number of carbonyl (C=O) groups excluding carboxylic acids is 2. The number of aromatic nitrogens is 3. The molecule has 300 valence electrons. The lowest BCUT2D eigenvalue weighted by Gasteiger charge is -2.32. The minimum Gasteiger partial charge on any atom is -0.493 e. The molecule has 0 bridgehead atoms. The first-order valence-corrected chi connectivity index (χ1v) is 20.1. The Balaban J connectivity index is 1.41. The van der Waals surface area contributed by atoms with E-state index in [1.807, 2.05) is 62.8 Å². The molecule has 1 saturated heterocycles. The van der Waals surface area contributed by atoms with Crippen molar-refractivity contribution in [3.8, 4) is 16.9 Å². The van der Waals surface area contributed by atoms with Gasteiger partial charge in [-0.15, -0.1) is 0 Å². The fraction of sp³-hybridized carbons (Fsp3) is 0.477. The lowest BCUT2D eigenvalue weighted by molar-refractivity contribution is 0.0187. The maximum atomic E-state index is 13.9. The molecule has 1 unspecified atom stereocenters. The van der Waals surface area contributed by atoms with Crippen LogP contribution in [0.2, 0.25) is 5.02 Å². The summed E-state index contributed by atoms with van der Waals surface area (Å²) in [6.07, 6.45) is 4.79. The topological polar surface area (TPSA) is 108 Å². The standard InChI is InChI=1S/C44H54ClFN4O6/c1-8-34-38(41(48-50(34)7)35(20-15-27-21-24-53-25-22-27)49(6)43(52)56-44(3,4)5)37-33(45)19-18-32-31(40(47-39(32)37)42(51)54-9-2)13-11-23-55-36-14-10-12-28-26-29(46)16-17-30(28)36/h10,12,14,16-19,26-27,35,47H,8-9,11,13,15,20-25H2,1-7H3. The van der Waals surface area contributed by atoms with Crippen molar-refractivity contribution in [3.05, 3.63) is 82.0 Å². The van der Waals surface area contributed by atoms with Crippen molar-refractivity contribution < 1.29 is 32.9 Å². The van der Waals surface area contributed by atoms with Gasteiger partial charge in [0.25, 0.3) is 0 Å². The Morgan fingerprint density at radius 3 is 2.55 bits per heavy atom. The molecule has 10 nitrogen and oxygen atoms in total. The Kier molecular flexibility index (Phi) is 13.0. The lowest BCUT2D eigenvalue weighted by atomic mass is 9.89. The number of ether oxygens (including phenoxy) is 4. The van der Waals surface area contributed by atoms with Crippen LogP contribution in [-0.4, -0.2) is 70.8 Å². The number of hydrogen-bond acceptors (Lipinski definition) is 7. The van der Waals surface area contributed by atoms with Crippen LogP contribution in [0.4, 0.5) is 9.18 Å². The molecular weight excluding hydrogens is 735 g/mol. The number of aromatic amines is 1. The van der Waals surface area contributed by atoms with Crippen LogP contribution in [-0.2, 0) is 34.1 Å². The van der Waals surface area contributed by atoms with Crippen LogP contribution < -0.4 is 4.74 Å². The highest BCUT2D eigenvalue weighted by molar-refractivity contribution is 6.35. The van der Waals surface area contributed by atoms with E-state index in [1.165, 1.54) is 12.1 Å². The summed E-state index contributed by atoms with van der Waals surface area (Å²) in [4.78, 5) is 32.4. The molecule has 0 spiro atoms. The number of halogens is 2. The van der Waals surface area contributed by atoms with Gasteiger partial charge in [0.2, 0.25) is 0 Å². The maximum Gasteiger partial charge on any atom is 0.410 e. The molecule has 1 amide bonds. The van der Waals surface area contributed by atoms with Crippen molar-refractivity contribution in [2.24, 2.45) is 13.0 Å². The van der Waals surface area contributed by atoms with Crippen LogP contribution in [0, 0.1) is 11.7 Å². The average Bonchev–Trinajstić information content (AvgIpc) is 3.69. The molecule has 0 radical (unpaired) electrons. The van der Waals surface area contributed by atoms with Gasteiger partial charge in [-0.2, -0.15) is 5.10 Å². The third-order valence-electron chi connectivity index (χ3n) is 10.6. The van der Waals surface area contributed by atoms with Gasteiger partial charge in [-0.25, -0.2) is 14.0 Å². The summed E-state index contributed by atoms with van der Waals surface area (Å²) in [6, 6.07) is 13.6. The number of amides is 1. The molecule has 3 heterocycles. The zero-order valence-corrected chi connectivity index (χ0v) is 34.4. The van der Waals surface area contributed by atoms with E-state index in [-0.39, 0.29) is 12.4 Å². The molecule has 6 rings (SSSR count). The van der Waals surface area contributed by atoms with E-state index >= 15 is 0 Å². The molecule has 12 heteroatoms. The number of fused-ring (bicyclic) bond motifs is 2. The van der Waals surface area contributed by atoms with Crippen molar-refractivity contribution in [2.75, 3.05) is 33.5 Å². The zero-order chi connectivity index (χ0) is 40.1. The minimum atomic E-state index is -0.684. The Labute approximate surface area is 333 Å². The Hall–Kier alpha value is -4.61. The molecule has 1 aliphatic rings. The van der Waals surface area contributed by atoms with Gasteiger partial charge in [0, 0.05) is 54.9 Å². The third-order valence-corrected chi connectivity index (χ3v) is 10.9. The highest BCUT2D eigenvalue weighted by Crippen LogP contribution is 2.44. The summed E-state index contributed by atoms with van der Waals surface area (Å²) in [5.41, 5.74) is 4.38. The van der Waals surface area contributed by atoms with E-state index in [1.54, 1.807) is 24.9 Å². The van der Waals surface area contributed by atoms with Gasteiger partial charge >= 0.3 is 12.1 Å². The van der Waals surface area contributed by atoms with Gasteiger partial charge in [0.05, 0.1) is 35.5 Å². The first kappa shape index (κ1) is 41.0. The molecule has 2 aromatic heterocycles. The fourth-order valence-corrected chi connectivity index (χ4v) is 8.11. The first-order chi connectivity index (χ1) is 26.8. The van der Waals surface area contributed by atoms with Gasteiger partial charge in [-0.05, 0) is 120 Å². The number of benzene rings is 3. The summed E-state index contributed by atoms with van der Waals surface area (Å²) in [5, 5.41) is 8.04. The highest BCUT2D eigenvalue weighted by atomic mass is 35.5. The number of rotatable bonds is 14. The maximum absolute atomic E-state index is 13.9. The first-order valence-electron chi connectivity index (χ1n) is 19.7. The summed E-state index contributed by atoms with van der Waals surface area (Å²) in [6.45, 7) is 11.5. The molecule has 0 aliphatic carbocycles. The second-order valence-electron chi connectivity index (χ2n) is 15.5. The van der Waals surface area contributed by atoms with E-state index < -0.39 is 23.7 Å². The Morgan fingerprint density at radius 2 is 1.84 bits per heavy atom. The van der Waals surface area contributed by atoms with Crippen LogP contribution in [0.25, 0.3) is 32.8 Å². The molecule has 1 fully saturated rings. The van der Waals surface area contributed by atoms with Gasteiger partial charge in [0.15, 0.2) is 0 Å². The summed E-state index contributed by atoms with van der Waals surface area (Å²) < 4.78 is 39.1. The van der Waals surface area contributed by atoms with E-state index in [9.17, 15) is 14.0 Å². The van der Waals surface area contributed by atoms with Crippen LogP contribution in [0.1, 0.15) is 100 Å². The molecule has 1 N–H and O–H groups in total. The van der Waals surface area contributed by atoms with Crippen molar-refractivity contribution >= 4 is 45.3 Å². The second-order valence-corrected chi connectivity index (χ2v) is 15.9. The van der Waals surface area contributed by atoms with Crippen LogP contribution in [0.3, 0.4) is 0 Å². The number of aryl methyl sites for hydroxylation is 2. The van der Waals surface area contributed by atoms with Gasteiger partial charge < -0.3 is 28.8 Å². The fourth-order valence-electron chi connectivity index (χ4n) is 7.85. The van der Waals surface area contributed by atoms with E-state index in [0.717, 1.165) is 71.1 Å². The normalized spacial score (nSPS) is 14.3. The summed E-state index contributed by atoms with van der Waals surface area (Å²) in [5.74, 6) is 0.373. The largest absolute Gasteiger partial charge is 0.493 e. The number of esters is 1. The van der Waals surface area contributed by atoms with Crippen molar-refractivity contribution in [1.29, 1.82) is 0 Å². The average molecular weight is 789 g/mol. The number of nitrogens with one attached hydrogen (secondary N) is 1. The van der Waals surface area contributed by atoms with E-state index in [4.69, 9.17) is 35.6 Å². The molecule has 1 atom stereocenters. The molecule has 1 aliphatic heterocycles. The van der Waals surface area contributed by atoms with Crippen LogP contribution in [0.5, 0.6) is 5.75 Å². The summed E-state index contributed by atoms with van der Waals surface area (Å²) in [7, 11) is 3.69. The highest BCUT2D eigenvalue weighted by Gasteiger charge is 2.34. The summed E-state index contributed by atoms with van der Waals surface area (Å²) >= 11 is 7.20. The Bertz CT molecular complexity index is 2180. The molecular formula is C44H54ClFN4O6. The van der Waals surface area contributed by atoms with E-state index in [2.05, 4.69) is 11.9 Å². The quantitative estimate of drug-likeness (QED) is 0.0882. The number of hydrogen-bond donors (Lipinski definition) is 1. The zero-order valence-electron chi connectivity index (χ0n) is 33.6. The molecule has 3 aromatic carbocycles.